The summed E-state index contributed by atoms with van der Waals surface area (Å²) >= 11 is 0. The highest BCUT2D eigenvalue weighted by Crippen LogP contribution is 2.24. The first kappa shape index (κ1) is 13.8. The van der Waals surface area contributed by atoms with Crippen molar-refractivity contribution in [1.82, 2.24) is 19.7 Å². The van der Waals surface area contributed by atoms with E-state index in [1.807, 2.05) is 0 Å². The third-order valence-corrected chi connectivity index (χ3v) is 4.32. The molecule has 2 unspecified atom stereocenters. The molecule has 0 amide bonds. The fourth-order valence-corrected chi connectivity index (χ4v) is 3.17. The number of rotatable bonds is 4. The van der Waals surface area contributed by atoms with Gasteiger partial charge in [-0.05, 0) is 32.1 Å². The molecule has 5 heteroatoms. The number of hydrogen-bond donors (Lipinski definition) is 0. The highest BCUT2D eigenvalue weighted by atomic mass is 16.5. The molecule has 1 fully saturated rings. The zero-order valence-corrected chi connectivity index (χ0v) is 12.2. The zero-order chi connectivity index (χ0) is 13.8. The van der Waals surface area contributed by atoms with Crippen LogP contribution in [-0.2, 0) is 11.3 Å². The van der Waals surface area contributed by atoms with Crippen LogP contribution in [0.25, 0.3) is 0 Å². The first-order chi connectivity index (χ1) is 9.86. The summed E-state index contributed by atoms with van der Waals surface area (Å²) in [6.07, 6.45) is 10.3. The molecule has 0 bridgehead atoms. The van der Waals surface area contributed by atoms with Gasteiger partial charge in [-0.25, -0.2) is 0 Å². The minimum atomic E-state index is 0.0744. The first-order valence-corrected chi connectivity index (χ1v) is 7.73. The average molecular weight is 276 g/mol. The van der Waals surface area contributed by atoms with Crippen LogP contribution in [0.1, 0.15) is 38.1 Å². The van der Waals surface area contributed by atoms with E-state index in [1.165, 1.54) is 25.8 Å². The minimum Gasteiger partial charge on any atom is -0.368 e. The Kier molecular flexibility index (Phi) is 4.47. The van der Waals surface area contributed by atoms with E-state index in [0.29, 0.717) is 0 Å². The van der Waals surface area contributed by atoms with E-state index in [1.54, 1.807) is 6.33 Å². The summed E-state index contributed by atoms with van der Waals surface area (Å²) in [4.78, 5) is 2.53. The van der Waals surface area contributed by atoms with Gasteiger partial charge < -0.3 is 9.30 Å². The van der Waals surface area contributed by atoms with E-state index in [4.69, 9.17) is 4.74 Å². The molecule has 0 N–H and O–H groups in total. The molecule has 1 aromatic rings. The summed E-state index contributed by atoms with van der Waals surface area (Å²) in [6.45, 7) is 6.97. The molecule has 2 heterocycles. The number of morpholine rings is 1. The SMILES string of the molecule is CCn1cnnc1C1CN(CC2CC=CCC2)CCO1. The van der Waals surface area contributed by atoms with E-state index < -0.39 is 0 Å². The molecule has 0 aromatic carbocycles. The van der Waals surface area contributed by atoms with Crippen molar-refractivity contribution in [2.24, 2.45) is 5.92 Å². The van der Waals surface area contributed by atoms with E-state index in [2.05, 4.69) is 38.7 Å². The van der Waals surface area contributed by atoms with Gasteiger partial charge in [0, 0.05) is 26.2 Å². The summed E-state index contributed by atoms with van der Waals surface area (Å²) in [5.41, 5.74) is 0. The van der Waals surface area contributed by atoms with Crippen molar-refractivity contribution in [1.29, 1.82) is 0 Å². The second-order valence-electron chi connectivity index (χ2n) is 5.74. The first-order valence-electron chi connectivity index (χ1n) is 7.73. The molecule has 0 saturated carbocycles. The standard InChI is InChI=1S/C15H24N4O/c1-2-19-12-16-17-15(19)14-11-18(8-9-20-14)10-13-6-4-3-5-7-13/h3-4,12-14H,2,5-11H2,1H3. The number of aryl methyl sites for hydroxylation is 1. The van der Waals surface area contributed by atoms with Crippen molar-refractivity contribution in [3.05, 3.63) is 24.3 Å². The largest absolute Gasteiger partial charge is 0.368 e. The normalized spacial score (nSPS) is 27.9. The molecule has 3 rings (SSSR count). The second-order valence-corrected chi connectivity index (χ2v) is 5.74. The number of hydrogen-bond acceptors (Lipinski definition) is 4. The minimum absolute atomic E-state index is 0.0744. The van der Waals surface area contributed by atoms with E-state index in [9.17, 15) is 0 Å². The Morgan fingerprint density at radius 3 is 3.15 bits per heavy atom. The lowest BCUT2D eigenvalue weighted by molar-refractivity contribution is -0.0406. The average Bonchev–Trinajstić information content (AvgIpc) is 2.97. The molecule has 20 heavy (non-hydrogen) atoms. The smallest absolute Gasteiger partial charge is 0.163 e. The van der Waals surface area contributed by atoms with Gasteiger partial charge in [0.15, 0.2) is 5.82 Å². The van der Waals surface area contributed by atoms with Crippen LogP contribution in [0.4, 0.5) is 0 Å². The van der Waals surface area contributed by atoms with Gasteiger partial charge in [-0.1, -0.05) is 12.2 Å². The lowest BCUT2D eigenvalue weighted by atomic mass is 9.93. The molecule has 1 saturated heterocycles. The molecule has 1 aliphatic heterocycles. The summed E-state index contributed by atoms with van der Waals surface area (Å²) in [7, 11) is 0. The Morgan fingerprint density at radius 1 is 1.40 bits per heavy atom. The summed E-state index contributed by atoms with van der Waals surface area (Å²) in [5.74, 6) is 1.78. The monoisotopic (exact) mass is 276 g/mol. The Bertz CT molecular complexity index is 456. The second kappa shape index (κ2) is 6.50. The van der Waals surface area contributed by atoms with Gasteiger partial charge in [0.1, 0.15) is 12.4 Å². The quantitative estimate of drug-likeness (QED) is 0.789. The Balaban J connectivity index is 1.60. The van der Waals surface area contributed by atoms with Gasteiger partial charge in [-0.15, -0.1) is 10.2 Å². The van der Waals surface area contributed by atoms with Crippen molar-refractivity contribution in [3.63, 3.8) is 0 Å². The number of aromatic nitrogens is 3. The lowest BCUT2D eigenvalue weighted by Gasteiger charge is -2.35. The predicted molar refractivity (Wildman–Crippen MR) is 77.3 cm³/mol. The van der Waals surface area contributed by atoms with Gasteiger partial charge in [-0.2, -0.15) is 0 Å². The number of nitrogens with zero attached hydrogens (tertiary/aromatic N) is 4. The van der Waals surface area contributed by atoms with Crippen LogP contribution in [0.15, 0.2) is 18.5 Å². The van der Waals surface area contributed by atoms with Crippen LogP contribution in [-0.4, -0.2) is 45.9 Å². The predicted octanol–water partition coefficient (Wildman–Crippen LogP) is 2.03. The van der Waals surface area contributed by atoms with Gasteiger partial charge in [0.25, 0.3) is 0 Å². The number of allylic oxidation sites excluding steroid dienone is 2. The van der Waals surface area contributed by atoms with Crippen molar-refractivity contribution in [3.8, 4) is 0 Å². The van der Waals surface area contributed by atoms with E-state index in [0.717, 1.165) is 38.0 Å². The molecule has 2 aliphatic rings. The van der Waals surface area contributed by atoms with Crippen LogP contribution >= 0.6 is 0 Å². The van der Waals surface area contributed by atoms with Crippen molar-refractivity contribution in [2.75, 3.05) is 26.2 Å². The molecule has 0 radical (unpaired) electrons. The van der Waals surface area contributed by atoms with Gasteiger partial charge in [0.05, 0.1) is 6.61 Å². The molecule has 5 nitrogen and oxygen atoms in total. The van der Waals surface area contributed by atoms with Gasteiger partial charge in [-0.3, -0.25) is 4.90 Å². The van der Waals surface area contributed by atoms with Crippen molar-refractivity contribution in [2.45, 2.75) is 38.8 Å². The third kappa shape index (κ3) is 3.10. The van der Waals surface area contributed by atoms with Crippen LogP contribution in [0.2, 0.25) is 0 Å². The van der Waals surface area contributed by atoms with Gasteiger partial charge >= 0.3 is 0 Å². The Morgan fingerprint density at radius 2 is 2.35 bits per heavy atom. The molecule has 110 valence electrons. The highest BCUT2D eigenvalue weighted by molar-refractivity contribution is 4.96. The van der Waals surface area contributed by atoms with Crippen LogP contribution in [0.3, 0.4) is 0 Å². The van der Waals surface area contributed by atoms with Crippen molar-refractivity contribution < 1.29 is 4.74 Å². The van der Waals surface area contributed by atoms with E-state index in [-0.39, 0.29) is 6.10 Å². The maximum atomic E-state index is 5.91. The van der Waals surface area contributed by atoms with Crippen LogP contribution in [0, 0.1) is 5.92 Å². The molecule has 1 aliphatic carbocycles. The van der Waals surface area contributed by atoms with E-state index >= 15 is 0 Å². The number of ether oxygens (including phenoxy) is 1. The van der Waals surface area contributed by atoms with Crippen LogP contribution < -0.4 is 0 Å². The summed E-state index contributed by atoms with van der Waals surface area (Å²) in [6, 6.07) is 0. The molecular formula is C15H24N4O. The molecular weight excluding hydrogens is 252 g/mol. The third-order valence-electron chi connectivity index (χ3n) is 4.32. The van der Waals surface area contributed by atoms with Crippen LogP contribution in [0.5, 0.6) is 0 Å². The summed E-state index contributed by atoms with van der Waals surface area (Å²) in [5, 5.41) is 8.26. The molecule has 1 aromatic heterocycles. The fraction of sp³-hybridized carbons (Fsp3) is 0.733. The maximum Gasteiger partial charge on any atom is 0.163 e. The Hall–Kier alpha value is -1.20. The van der Waals surface area contributed by atoms with Gasteiger partial charge in [0.2, 0.25) is 0 Å². The molecule has 0 spiro atoms. The molecule has 2 atom stereocenters. The maximum absolute atomic E-state index is 5.91. The zero-order valence-electron chi connectivity index (χ0n) is 12.2. The Labute approximate surface area is 120 Å². The summed E-state index contributed by atoms with van der Waals surface area (Å²) < 4.78 is 7.99. The van der Waals surface area contributed by atoms with Crippen molar-refractivity contribution >= 4 is 0 Å². The topological polar surface area (TPSA) is 43.2 Å². The fourth-order valence-electron chi connectivity index (χ4n) is 3.17. The highest BCUT2D eigenvalue weighted by Gasteiger charge is 2.27. The lowest BCUT2D eigenvalue weighted by Crippen LogP contribution is -2.41.